The molecule has 0 saturated carbocycles. The Hall–Kier alpha value is -3.34. The summed E-state index contributed by atoms with van der Waals surface area (Å²) in [5, 5.41) is 6.88. The van der Waals surface area contributed by atoms with E-state index < -0.39 is 0 Å². The molecule has 3 atom stereocenters. The molecule has 0 unspecified atom stereocenters. The van der Waals surface area contributed by atoms with Crippen molar-refractivity contribution in [2.75, 3.05) is 36.6 Å². The van der Waals surface area contributed by atoms with Gasteiger partial charge in [0, 0.05) is 60.4 Å². The van der Waals surface area contributed by atoms with Crippen molar-refractivity contribution in [2.45, 2.75) is 82.0 Å². The van der Waals surface area contributed by atoms with Crippen molar-refractivity contribution in [1.29, 1.82) is 0 Å². The van der Waals surface area contributed by atoms with Gasteiger partial charge in [0.1, 0.15) is 11.6 Å². The van der Waals surface area contributed by atoms with Crippen molar-refractivity contribution in [2.24, 2.45) is 0 Å². The zero-order valence-corrected chi connectivity index (χ0v) is 24.1. The first kappa shape index (κ1) is 26.6. The highest BCUT2D eigenvalue weighted by Gasteiger charge is 2.55. The molecule has 41 heavy (non-hydrogen) atoms. The van der Waals surface area contributed by atoms with Gasteiger partial charge in [0.05, 0.1) is 23.9 Å². The fraction of sp³-hybridized carbons (Fsp3) is 0.548. The number of hydrogen-bond donors (Lipinski definition) is 2. The molecule has 3 saturated heterocycles. The molecule has 7 rings (SSSR count). The van der Waals surface area contributed by atoms with Crippen LogP contribution < -0.4 is 21.1 Å². The van der Waals surface area contributed by atoms with Crippen LogP contribution in [0.5, 0.6) is 0 Å². The predicted octanol–water partition coefficient (Wildman–Crippen LogP) is 4.53. The predicted molar refractivity (Wildman–Crippen MR) is 157 cm³/mol. The second-order valence-corrected chi connectivity index (χ2v) is 12.7. The van der Waals surface area contributed by atoms with Crippen LogP contribution in [0.3, 0.4) is 0 Å². The van der Waals surface area contributed by atoms with Gasteiger partial charge in [0.2, 0.25) is 5.95 Å². The molecule has 0 radical (unpaired) electrons. The van der Waals surface area contributed by atoms with Crippen molar-refractivity contribution in [1.82, 2.24) is 24.8 Å². The van der Waals surface area contributed by atoms with Crippen LogP contribution in [0.2, 0.25) is 0 Å². The van der Waals surface area contributed by atoms with Gasteiger partial charge >= 0.3 is 0 Å². The molecule has 0 aromatic carbocycles. The highest BCUT2D eigenvalue weighted by atomic mass is 16.5. The first-order valence-corrected chi connectivity index (χ1v) is 14.9. The molecule has 0 spiro atoms. The number of ether oxygens (including phenoxy) is 2. The number of hydrogen-bond acceptors (Lipinski definition) is 9. The van der Waals surface area contributed by atoms with Crippen LogP contribution in [-0.2, 0) is 14.9 Å². The first-order valence-electron chi connectivity index (χ1n) is 14.9. The molecule has 10 nitrogen and oxygen atoms in total. The van der Waals surface area contributed by atoms with Gasteiger partial charge in [-0.2, -0.15) is 4.98 Å². The van der Waals surface area contributed by atoms with Crippen LogP contribution in [0.25, 0.3) is 0 Å². The van der Waals surface area contributed by atoms with E-state index in [2.05, 4.69) is 54.5 Å². The molecule has 4 aliphatic heterocycles. The van der Waals surface area contributed by atoms with Gasteiger partial charge in [-0.1, -0.05) is 13.0 Å². The van der Waals surface area contributed by atoms with Gasteiger partial charge in [-0.05, 0) is 70.7 Å². The van der Waals surface area contributed by atoms with E-state index >= 15 is 0 Å². The lowest BCUT2D eigenvalue weighted by molar-refractivity contribution is -0.0893. The molecule has 3 aromatic rings. The van der Waals surface area contributed by atoms with E-state index in [4.69, 9.17) is 24.4 Å². The summed E-state index contributed by atoms with van der Waals surface area (Å²) in [6, 6.07) is 10.4. The molecule has 4 aliphatic rings. The number of rotatable bonds is 5. The Morgan fingerprint density at radius 2 is 1.95 bits per heavy atom. The molecule has 0 amide bonds. The van der Waals surface area contributed by atoms with Gasteiger partial charge in [-0.15, -0.1) is 0 Å². The number of aromatic nitrogens is 4. The second-order valence-electron chi connectivity index (χ2n) is 12.7. The monoisotopic (exact) mass is 557 g/mol. The lowest BCUT2D eigenvalue weighted by Gasteiger charge is -2.46. The first-order chi connectivity index (χ1) is 19.8. The summed E-state index contributed by atoms with van der Waals surface area (Å²) in [6.45, 7) is 9.54. The van der Waals surface area contributed by atoms with Gasteiger partial charge < -0.3 is 29.6 Å². The molecule has 2 N–H and O–H groups in total. The van der Waals surface area contributed by atoms with Crippen LogP contribution >= 0.6 is 0 Å². The number of fused-ring (bicyclic) bond motifs is 3. The molecule has 7 heterocycles. The van der Waals surface area contributed by atoms with Crippen LogP contribution in [0, 0.1) is 0 Å². The van der Waals surface area contributed by atoms with Crippen molar-refractivity contribution >= 4 is 23.3 Å². The van der Waals surface area contributed by atoms with E-state index in [1.54, 1.807) is 6.07 Å². The van der Waals surface area contributed by atoms with E-state index in [0.717, 1.165) is 61.5 Å². The smallest absolute Gasteiger partial charge is 0.252 e. The fourth-order valence-electron chi connectivity index (χ4n) is 6.93. The number of pyridine rings is 2. The lowest BCUT2D eigenvalue weighted by atomic mass is 9.73. The summed E-state index contributed by atoms with van der Waals surface area (Å²) in [5.41, 5.74) is 2.21. The van der Waals surface area contributed by atoms with Gasteiger partial charge in [-0.25, -0.2) is 9.97 Å². The Labute approximate surface area is 240 Å². The van der Waals surface area contributed by atoms with Crippen molar-refractivity contribution in [3.63, 3.8) is 0 Å². The van der Waals surface area contributed by atoms with Crippen molar-refractivity contribution in [3.05, 3.63) is 64.3 Å². The SMILES string of the molecule is CC1(C)C[C@H]2N(c3cccc([C@@H]4CCCN4)n3)c3nc(Nc4ccn(C5CCOCC5)c(=O)c4)ncc3[C@@]2(C)CO1. The number of anilines is 4. The molecule has 216 valence electrons. The largest absolute Gasteiger partial charge is 0.381 e. The van der Waals surface area contributed by atoms with Crippen LogP contribution in [0.1, 0.15) is 76.2 Å². The molecule has 0 aliphatic carbocycles. The zero-order chi connectivity index (χ0) is 28.2. The Balaban J connectivity index is 1.24. The third-order valence-corrected chi connectivity index (χ3v) is 9.32. The zero-order valence-electron chi connectivity index (χ0n) is 24.1. The van der Waals surface area contributed by atoms with E-state index in [9.17, 15) is 4.79 Å². The summed E-state index contributed by atoms with van der Waals surface area (Å²) in [6.07, 6.45) is 8.58. The third-order valence-electron chi connectivity index (χ3n) is 9.32. The Kier molecular flexibility index (Phi) is 6.59. The Morgan fingerprint density at radius 1 is 1.10 bits per heavy atom. The highest BCUT2D eigenvalue weighted by molar-refractivity contribution is 5.71. The van der Waals surface area contributed by atoms with Crippen LogP contribution in [-0.4, -0.2) is 57.5 Å². The minimum atomic E-state index is -0.281. The minimum absolute atomic E-state index is 0.0378. The fourth-order valence-corrected chi connectivity index (χ4v) is 6.93. The van der Waals surface area contributed by atoms with E-state index in [0.29, 0.717) is 31.5 Å². The Bertz CT molecular complexity index is 1500. The average molecular weight is 558 g/mol. The van der Waals surface area contributed by atoms with Gasteiger partial charge in [0.25, 0.3) is 5.56 Å². The molecule has 3 aromatic heterocycles. The van der Waals surface area contributed by atoms with Crippen LogP contribution in [0.15, 0.2) is 47.5 Å². The summed E-state index contributed by atoms with van der Waals surface area (Å²) >= 11 is 0. The lowest BCUT2D eigenvalue weighted by Crippen LogP contribution is -2.54. The maximum atomic E-state index is 13.0. The van der Waals surface area contributed by atoms with Gasteiger partial charge in [0.15, 0.2) is 0 Å². The third kappa shape index (κ3) is 4.81. The normalized spacial score (nSPS) is 27.4. The highest BCUT2D eigenvalue weighted by Crippen LogP contribution is 2.53. The van der Waals surface area contributed by atoms with Gasteiger partial charge in [-0.3, -0.25) is 4.79 Å². The summed E-state index contributed by atoms with van der Waals surface area (Å²) in [7, 11) is 0. The van der Waals surface area contributed by atoms with Crippen molar-refractivity contribution in [3.8, 4) is 0 Å². The standard InChI is InChI=1S/C31H39N7O3/c1-30(2)17-25-31(3,19-41-30)22-18-33-29(34-20-9-13-37(27(39)16-20)21-10-14-40-15-11-21)36-28(22)38(25)26-8-4-6-24(35-26)23-7-5-12-32-23/h4,6,8-9,13,16,18,21,23,25,32H,5,7,10-12,14-15,17,19H2,1-3H3,(H,33,34,36)/t23-,25+,31+/m0/s1. The molecular weight excluding hydrogens is 518 g/mol. The molecular formula is C31H39N7O3. The molecule has 3 fully saturated rings. The second kappa shape index (κ2) is 10.2. The Morgan fingerprint density at radius 3 is 2.73 bits per heavy atom. The summed E-state index contributed by atoms with van der Waals surface area (Å²) in [4.78, 5) is 30.2. The number of nitrogens with one attached hydrogen (secondary N) is 2. The molecule has 10 heteroatoms. The number of nitrogens with zero attached hydrogens (tertiary/aromatic N) is 5. The summed E-state index contributed by atoms with van der Waals surface area (Å²) < 4.78 is 13.6. The maximum absolute atomic E-state index is 13.0. The van der Waals surface area contributed by atoms with Crippen LogP contribution in [0.4, 0.5) is 23.3 Å². The minimum Gasteiger partial charge on any atom is -0.381 e. The molecule has 0 bridgehead atoms. The summed E-state index contributed by atoms with van der Waals surface area (Å²) in [5.74, 6) is 2.19. The quantitative estimate of drug-likeness (QED) is 0.468. The average Bonchev–Trinajstić information content (AvgIpc) is 3.59. The maximum Gasteiger partial charge on any atom is 0.252 e. The van der Waals surface area contributed by atoms with E-state index in [1.165, 1.54) is 0 Å². The van der Waals surface area contributed by atoms with E-state index in [-0.39, 0.29) is 34.7 Å². The topological polar surface area (TPSA) is 106 Å². The van der Waals surface area contributed by atoms with Crippen molar-refractivity contribution < 1.29 is 9.47 Å². The van der Waals surface area contributed by atoms with E-state index in [1.807, 2.05) is 23.0 Å².